The second-order valence-electron chi connectivity index (χ2n) is 6.29. The van der Waals surface area contributed by atoms with Crippen LogP contribution < -0.4 is 0 Å². The molecule has 1 aromatic carbocycles. The Morgan fingerprint density at radius 3 is 2.82 bits per heavy atom. The number of aryl methyl sites for hydroxylation is 1. The van der Waals surface area contributed by atoms with E-state index in [1.54, 1.807) is 0 Å². The lowest BCUT2D eigenvalue weighted by Gasteiger charge is -2.21. The van der Waals surface area contributed by atoms with E-state index in [1.165, 1.54) is 37.7 Å². The Labute approximate surface area is 131 Å². The van der Waals surface area contributed by atoms with Crippen LogP contribution in [0.4, 0.5) is 0 Å². The Hall–Kier alpha value is -2.15. The van der Waals surface area contributed by atoms with Gasteiger partial charge >= 0.3 is 0 Å². The molecule has 22 heavy (non-hydrogen) atoms. The van der Waals surface area contributed by atoms with E-state index in [0.29, 0.717) is 5.69 Å². The number of hydrogen-bond acceptors (Lipinski definition) is 3. The number of aromatic nitrogens is 3. The highest BCUT2D eigenvalue weighted by molar-refractivity contribution is 5.38. The van der Waals surface area contributed by atoms with Crippen molar-refractivity contribution in [3.8, 4) is 11.8 Å². The van der Waals surface area contributed by atoms with Crippen LogP contribution in [0.15, 0.2) is 24.3 Å². The van der Waals surface area contributed by atoms with Gasteiger partial charge in [-0.05, 0) is 43.4 Å². The van der Waals surface area contributed by atoms with Crippen molar-refractivity contribution in [3.05, 3.63) is 41.2 Å². The van der Waals surface area contributed by atoms with Gasteiger partial charge in [0.25, 0.3) is 0 Å². The summed E-state index contributed by atoms with van der Waals surface area (Å²) in [6.45, 7) is 2.06. The molecule has 3 rings (SSSR count). The second-order valence-corrected chi connectivity index (χ2v) is 6.29. The zero-order chi connectivity index (χ0) is 15.4. The molecule has 1 aliphatic carbocycles. The van der Waals surface area contributed by atoms with Crippen LogP contribution in [-0.2, 0) is 6.42 Å². The molecular formula is C18H22N4. The fourth-order valence-electron chi connectivity index (χ4n) is 3.40. The number of nitriles is 1. The first-order valence-electron chi connectivity index (χ1n) is 8.19. The van der Waals surface area contributed by atoms with Gasteiger partial charge in [-0.2, -0.15) is 5.26 Å². The van der Waals surface area contributed by atoms with E-state index in [2.05, 4.69) is 35.4 Å². The molecule has 4 nitrogen and oxygen atoms in total. The molecule has 1 aliphatic rings. The fraction of sp³-hybridized carbons (Fsp3) is 0.500. The van der Waals surface area contributed by atoms with E-state index in [4.69, 9.17) is 0 Å². The third-order valence-corrected chi connectivity index (χ3v) is 4.63. The van der Waals surface area contributed by atoms with Crippen LogP contribution in [0, 0.1) is 24.2 Å². The van der Waals surface area contributed by atoms with Crippen molar-refractivity contribution in [1.82, 2.24) is 15.0 Å². The molecule has 0 atom stereocenters. The van der Waals surface area contributed by atoms with Crippen LogP contribution in [0.3, 0.4) is 0 Å². The van der Waals surface area contributed by atoms with E-state index in [9.17, 15) is 5.26 Å². The predicted octanol–water partition coefficient (Wildman–Crippen LogP) is 3.96. The number of benzene rings is 1. The van der Waals surface area contributed by atoms with Gasteiger partial charge in [-0.3, -0.25) is 0 Å². The van der Waals surface area contributed by atoms with E-state index in [1.807, 2.05) is 16.8 Å². The van der Waals surface area contributed by atoms with Gasteiger partial charge in [-0.15, -0.1) is 5.10 Å². The average molecular weight is 294 g/mol. The molecular weight excluding hydrogens is 272 g/mol. The SMILES string of the molecule is Cc1cccc(-n2nnc(C#N)c2CCC2CCCCC2)c1. The van der Waals surface area contributed by atoms with Crippen LogP contribution in [0.25, 0.3) is 5.69 Å². The maximum absolute atomic E-state index is 9.30. The Balaban J connectivity index is 1.82. The summed E-state index contributed by atoms with van der Waals surface area (Å²) in [7, 11) is 0. The van der Waals surface area contributed by atoms with E-state index < -0.39 is 0 Å². The molecule has 4 heteroatoms. The van der Waals surface area contributed by atoms with E-state index in [-0.39, 0.29) is 0 Å². The molecule has 0 aliphatic heterocycles. The smallest absolute Gasteiger partial charge is 0.186 e. The lowest BCUT2D eigenvalue weighted by molar-refractivity contribution is 0.337. The van der Waals surface area contributed by atoms with Crippen LogP contribution in [0.5, 0.6) is 0 Å². The van der Waals surface area contributed by atoms with Gasteiger partial charge in [0.05, 0.1) is 11.4 Å². The van der Waals surface area contributed by atoms with E-state index >= 15 is 0 Å². The molecule has 1 aromatic heterocycles. The molecule has 0 saturated heterocycles. The molecule has 0 unspecified atom stereocenters. The Kier molecular flexibility index (Phi) is 4.53. The summed E-state index contributed by atoms with van der Waals surface area (Å²) >= 11 is 0. The first-order chi connectivity index (χ1) is 10.8. The van der Waals surface area contributed by atoms with Crippen molar-refractivity contribution in [2.75, 3.05) is 0 Å². The summed E-state index contributed by atoms with van der Waals surface area (Å²) < 4.78 is 1.84. The van der Waals surface area contributed by atoms with Crippen molar-refractivity contribution < 1.29 is 0 Å². The molecule has 0 spiro atoms. The van der Waals surface area contributed by atoms with Crippen LogP contribution in [-0.4, -0.2) is 15.0 Å². The zero-order valence-electron chi connectivity index (χ0n) is 13.1. The van der Waals surface area contributed by atoms with Crippen LogP contribution in [0.2, 0.25) is 0 Å². The Bertz CT molecular complexity index is 675. The van der Waals surface area contributed by atoms with Gasteiger partial charge in [0.2, 0.25) is 0 Å². The van der Waals surface area contributed by atoms with Gasteiger partial charge in [0.1, 0.15) is 6.07 Å². The first-order valence-corrected chi connectivity index (χ1v) is 8.19. The van der Waals surface area contributed by atoms with Gasteiger partial charge in [0, 0.05) is 0 Å². The molecule has 2 aromatic rings. The molecule has 1 fully saturated rings. The summed E-state index contributed by atoms with van der Waals surface area (Å²) in [5.41, 5.74) is 3.60. The maximum atomic E-state index is 9.30. The molecule has 0 N–H and O–H groups in total. The van der Waals surface area contributed by atoms with Crippen LogP contribution in [0.1, 0.15) is 55.5 Å². The Morgan fingerprint density at radius 1 is 1.27 bits per heavy atom. The summed E-state index contributed by atoms with van der Waals surface area (Å²) in [6.07, 6.45) is 8.75. The van der Waals surface area contributed by atoms with Crippen molar-refractivity contribution in [1.29, 1.82) is 5.26 Å². The second kappa shape index (κ2) is 6.74. The first kappa shape index (κ1) is 14.8. The average Bonchev–Trinajstić information content (AvgIpc) is 2.97. The minimum atomic E-state index is 0.470. The van der Waals surface area contributed by atoms with E-state index in [0.717, 1.165) is 30.1 Å². The lowest BCUT2D eigenvalue weighted by Crippen LogP contribution is -2.10. The highest BCUT2D eigenvalue weighted by Gasteiger charge is 2.18. The standard InChI is InChI=1S/C18H22N4/c1-14-6-5-9-16(12-14)22-18(17(13-19)20-21-22)11-10-15-7-3-2-4-8-15/h5-6,9,12,15H,2-4,7-8,10-11H2,1H3. The topological polar surface area (TPSA) is 54.5 Å². The monoisotopic (exact) mass is 294 g/mol. The number of hydrogen-bond donors (Lipinski definition) is 0. The normalized spacial score (nSPS) is 15.6. The summed E-state index contributed by atoms with van der Waals surface area (Å²) in [6, 6.07) is 10.4. The molecule has 0 radical (unpaired) electrons. The van der Waals surface area contributed by atoms with Gasteiger partial charge < -0.3 is 0 Å². The van der Waals surface area contributed by atoms with Crippen LogP contribution >= 0.6 is 0 Å². The lowest BCUT2D eigenvalue weighted by atomic mass is 9.85. The summed E-state index contributed by atoms with van der Waals surface area (Å²) in [5, 5.41) is 17.6. The van der Waals surface area contributed by atoms with Crippen molar-refractivity contribution in [2.45, 2.75) is 51.9 Å². The highest BCUT2D eigenvalue weighted by Crippen LogP contribution is 2.28. The molecule has 1 heterocycles. The number of nitrogens with zero attached hydrogens (tertiary/aromatic N) is 4. The quantitative estimate of drug-likeness (QED) is 0.857. The zero-order valence-corrected chi connectivity index (χ0v) is 13.1. The third kappa shape index (κ3) is 3.19. The van der Waals surface area contributed by atoms with Gasteiger partial charge in [-0.25, -0.2) is 4.68 Å². The third-order valence-electron chi connectivity index (χ3n) is 4.63. The predicted molar refractivity (Wildman–Crippen MR) is 85.7 cm³/mol. The number of rotatable bonds is 4. The van der Waals surface area contributed by atoms with Crippen molar-refractivity contribution in [3.63, 3.8) is 0 Å². The largest absolute Gasteiger partial charge is 0.216 e. The minimum absolute atomic E-state index is 0.470. The Morgan fingerprint density at radius 2 is 2.09 bits per heavy atom. The summed E-state index contributed by atoms with van der Waals surface area (Å²) in [5.74, 6) is 0.793. The van der Waals surface area contributed by atoms with Gasteiger partial charge in [0.15, 0.2) is 5.69 Å². The minimum Gasteiger partial charge on any atom is -0.216 e. The molecule has 1 saturated carbocycles. The highest BCUT2D eigenvalue weighted by atomic mass is 15.4. The van der Waals surface area contributed by atoms with Crippen molar-refractivity contribution >= 4 is 0 Å². The molecule has 114 valence electrons. The summed E-state index contributed by atoms with van der Waals surface area (Å²) in [4.78, 5) is 0. The maximum Gasteiger partial charge on any atom is 0.186 e. The molecule has 0 bridgehead atoms. The molecule has 0 amide bonds. The fourth-order valence-corrected chi connectivity index (χ4v) is 3.40. The van der Waals surface area contributed by atoms with Crippen molar-refractivity contribution in [2.24, 2.45) is 5.92 Å². The van der Waals surface area contributed by atoms with Gasteiger partial charge in [-0.1, -0.05) is 49.5 Å².